The molecule has 0 amide bonds. The summed E-state index contributed by atoms with van der Waals surface area (Å²) in [6.07, 6.45) is 63.0. The molecule has 0 aromatic carbocycles. The SMILES string of the molecule is CC/C=C\C/C=C\C/C=C\CCCCCCCCCC(=O)OCC(COCCCCCCCC/C=C\CCCC)OC(=O)CCCCC/C=C\C/C=C\C/C=C\CC. The van der Waals surface area contributed by atoms with Crippen molar-refractivity contribution in [2.45, 2.75) is 219 Å². The quantitative estimate of drug-likeness (QED) is 0.0349. The molecule has 0 radical (unpaired) electrons. The maximum absolute atomic E-state index is 12.7. The van der Waals surface area contributed by atoms with Gasteiger partial charge < -0.3 is 14.2 Å². The Morgan fingerprint density at radius 1 is 0.397 bits per heavy atom. The Hall–Kier alpha value is -2.92. The Labute approximate surface area is 359 Å². The van der Waals surface area contributed by atoms with E-state index in [9.17, 15) is 9.59 Å². The van der Waals surface area contributed by atoms with Crippen LogP contribution in [0.4, 0.5) is 0 Å². The molecule has 1 atom stereocenters. The summed E-state index contributed by atoms with van der Waals surface area (Å²) in [4.78, 5) is 25.3. The summed E-state index contributed by atoms with van der Waals surface area (Å²) in [5.41, 5.74) is 0. The highest BCUT2D eigenvalue weighted by atomic mass is 16.6. The van der Waals surface area contributed by atoms with Gasteiger partial charge in [0.1, 0.15) is 6.61 Å². The van der Waals surface area contributed by atoms with E-state index in [-0.39, 0.29) is 25.2 Å². The van der Waals surface area contributed by atoms with Crippen molar-refractivity contribution in [3.05, 3.63) is 85.1 Å². The molecule has 0 rings (SSSR count). The fourth-order valence-electron chi connectivity index (χ4n) is 6.34. The van der Waals surface area contributed by atoms with Gasteiger partial charge in [0.05, 0.1) is 6.61 Å². The van der Waals surface area contributed by atoms with E-state index in [1.807, 2.05) is 0 Å². The molecule has 0 saturated heterocycles. The molecule has 0 aliphatic rings. The molecule has 0 aromatic rings. The second-order valence-electron chi connectivity index (χ2n) is 15.6. The van der Waals surface area contributed by atoms with Gasteiger partial charge in [-0.3, -0.25) is 9.59 Å². The topological polar surface area (TPSA) is 61.8 Å². The highest BCUT2D eigenvalue weighted by Gasteiger charge is 2.17. The first kappa shape index (κ1) is 55.1. The highest BCUT2D eigenvalue weighted by Crippen LogP contribution is 2.13. The van der Waals surface area contributed by atoms with Gasteiger partial charge in [0.2, 0.25) is 0 Å². The van der Waals surface area contributed by atoms with E-state index in [2.05, 4.69) is 106 Å². The number of carbonyl (C=O) groups is 2. The average molecular weight is 807 g/mol. The van der Waals surface area contributed by atoms with Crippen LogP contribution in [0.2, 0.25) is 0 Å². The van der Waals surface area contributed by atoms with Gasteiger partial charge in [0.15, 0.2) is 6.10 Å². The minimum Gasteiger partial charge on any atom is -0.462 e. The number of rotatable bonds is 43. The lowest BCUT2D eigenvalue weighted by Gasteiger charge is -2.18. The van der Waals surface area contributed by atoms with E-state index < -0.39 is 6.10 Å². The van der Waals surface area contributed by atoms with Gasteiger partial charge >= 0.3 is 11.9 Å². The molecule has 1 unspecified atom stereocenters. The van der Waals surface area contributed by atoms with Crippen molar-refractivity contribution < 1.29 is 23.8 Å². The zero-order valence-corrected chi connectivity index (χ0v) is 38.0. The fourth-order valence-corrected chi connectivity index (χ4v) is 6.34. The molecule has 5 heteroatoms. The molecule has 0 aliphatic heterocycles. The van der Waals surface area contributed by atoms with Gasteiger partial charge in [-0.2, -0.15) is 0 Å². The molecule has 58 heavy (non-hydrogen) atoms. The van der Waals surface area contributed by atoms with Gasteiger partial charge in [-0.1, -0.05) is 183 Å². The van der Waals surface area contributed by atoms with Crippen molar-refractivity contribution in [3.63, 3.8) is 0 Å². The standard InChI is InChI=1S/C53H90O5/c1-4-7-10-13-16-19-22-25-26-27-28-30-31-34-37-40-43-46-52(54)57-50-51(49-56-48-45-42-39-36-33-24-21-18-15-12-9-6-3)58-53(55)47-44-41-38-35-32-29-23-20-17-14-11-8-5-2/h7-8,10-11,15-20,25-26,29,32,51H,4-6,9,12-14,21-24,27-28,30-31,33-50H2,1-3H3/b10-7-,11-8-,18-15-,19-16-,20-17-,26-25-,32-29-. The molecule has 0 N–H and O–H groups in total. The van der Waals surface area contributed by atoms with Crippen molar-refractivity contribution in [3.8, 4) is 0 Å². The predicted molar refractivity (Wildman–Crippen MR) is 251 cm³/mol. The first-order chi connectivity index (χ1) is 28.6. The van der Waals surface area contributed by atoms with Gasteiger partial charge in [-0.05, 0) is 103 Å². The third-order valence-corrected chi connectivity index (χ3v) is 9.90. The van der Waals surface area contributed by atoms with Gasteiger partial charge in [-0.25, -0.2) is 0 Å². The Balaban J connectivity index is 4.31. The zero-order chi connectivity index (χ0) is 42.1. The highest BCUT2D eigenvalue weighted by molar-refractivity contribution is 5.70. The van der Waals surface area contributed by atoms with Crippen molar-refractivity contribution >= 4 is 11.9 Å². The summed E-state index contributed by atoms with van der Waals surface area (Å²) in [5, 5.41) is 0. The lowest BCUT2D eigenvalue weighted by molar-refractivity contribution is -0.163. The Bertz CT molecular complexity index is 1090. The van der Waals surface area contributed by atoms with E-state index >= 15 is 0 Å². The van der Waals surface area contributed by atoms with Crippen LogP contribution in [0.15, 0.2) is 85.1 Å². The second-order valence-corrected chi connectivity index (χ2v) is 15.6. The van der Waals surface area contributed by atoms with Crippen molar-refractivity contribution in [1.82, 2.24) is 0 Å². The Kier molecular flexibility index (Phi) is 46.0. The van der Waals surface area contributed by atoms with E-state index in [0.717, 1.165) is 103 Å². The zero-order valence-electron chi connectivity index (χ0n) is 38.0. The largest absolute Gasteiger partial charge is 0.462 e. The lowest BCUT2D eigenvalue weighted by Crippen LogP contribution is -2.30. The molecule has 0 aromatic heterocycles. The van der Waals surface area contributed by atoms with Crippen LogP contribution in [0.1, 0.15) is 213 Å². The third-order valence-electron chi connectivity index (χ3n) is 9.90. The Morgan fingerprint density at radius 2 is 0.776 bits per heavy atom. The maximum atomic E-state index is 12.7. The monoisotopic (exact) mass is 807 g/mol. The smallest absolute Gasteiger partial charge is 0.306 e. The van der Waals surface area contributed by atoms with Gasteiger partial charge in [0.25, 0.3) is 0 Å². The second kappa shape index (κ2) is 48.4. The maximum Gasteiger partial charge on any atom is 0.306 e. The van der Waals surface area contributed by atoms with E-state index in [1.54, 1.807) is 0 Å². The van der Waals surface area contributed by atoms with Crippen LogP contribution in [0.25, 0.3) is 0 Å². The summed E-state index contributed by atoms with van der Waals surface area (Å²) >= 11 is 0. The number of ether oxygens (including phenoxy) is 3. The van der Waals surface area contributed by atoms with Crippen LogP contribution in [0.3, 0.4) is 0 Å². The molecular weight excluding hydrogens is 717 g/mol. The van der Waals surface area contributed by atoms with Crippen LogP contribution >= 0.6 is 0 Å². The summed E-state index contributed by atoms with van der Waals surface area (Å²) in [6, 6.07) is 0. The molecule has 0 saturated carbocycles. The fraction of sp³-hybridized carbons (Fsp3) is 0.698. The first-order valence-corrected chi connectivity index (χ1v) is 24.1. The number of carbonyl (C=O) groups excluding carboxylic acids is 2. The summed E-state index contributed by atoms with van der Waals surface area (Å²) < 4.78 is 17.3. The number of hydrogen-bond donors (Lipinski definition) is 0. The number of allylic oxidation sites excluding steroid dienone is 14. The van der Waals surface area contributed by atoms with Crippen LogP contribution in [-0.2, 0) is 23.8 Å². The Morgan fingerprint density at radius 3 is 1.28 bits per heavy atom. The predicted octanol–water partition coefficient (Wildman–Crippen LogP) is 16.1. The summed E-state index contributed by atoms with van der Waals surface area (Å²) in [7, 11) is 0. The van der Waals surface area contributed by atoms with Crippen molar-refractivity contribution in [2.75, 3.05) is 19.8 Å². The lowest BCUT2D eigenvalue weighted by atomic mass is 10.1. The molecule has 5 nitrogen and oxygen atoms in total. The molecule has 0 heterocycles. The molecule has 332 valence electrons. The minimum absolute atomic E-state index is 0.0621. The molecule has 0 spiro atoms. The van der Waals surface area contributed by atoms with Crippen molar-refractivity contribution in [1.29, 1.82) is 0 Å². The van der Waals surface area contributed by atoms with Crippen LogP contribution in [0, 0.1) is 0 Å². The summed E-state index contributed by atoms with van der Waals surface area (Å²) in [5.74, 6) is -0.449. The van der Waals surface area contributed by atoms with Crippen LogP contribution < -0.4 is 0 Å². The summed E-state index contributed by atoms with van der Waals surface area (Å²) in [6.45, 7) is 7.51. The first-order valence-electron chi connectivity index (χ1n) is 24.1. The molecular formula is C53H90O5. The normalized spacial score (nSPS) is 12.9. The number of hydrogen-bond acceptors (Lipinski definition) is 5. The van der Waals surface area contributed by atoms with Crippen LogP contribution in [0.5, 0.6) is 0 Å². The minimum atomic E-state index is -0.561. The van der Waals surface area contributed by atoms with Gasteiger partial charge in [0, 0.05) is 19.4 Å². The van der Waals surface area contributed by atoms with Gasteiger partial charge in [-0.15, -0.1) is 0 Å². The van der Waals surface area contributed by atoms with Crippen molar-refractivity contribution in [2.24, 2.45) is 0 Å². The van der Waals surface area contributed by atoms with E-state index in [4.69, 9.17) is 14.2 Å². The van der Waals surface area contributed by atoms with Crippen LogP contribution in [-0.4, -0.2) is 37.9 Å². The molecule has 0 fully saturated rings. The van der Waals surface area contributed by atoms with E-state index in [1.165, 1.54) is 77.0 Å². The average Bonchev–Trinajstić information content (AvgIpc) is 3.22. The number of unbranched alkanes of at least 4 members (excludes halogenated alkanes) is 18. The number of esters is 2. The van der Waals surface area contributed by atoms with E-state index in [0.29, 0.717) is 19.4 Å². The molecule has 0 aliphatic carbocycles. The third kappa shape index (κ3) is 45.8. The molecule has 0 bridgehead atoms.